The van der Waals surface area contributed by atoms with Crippen molar-refractivity contribution >= 4 is 11.8 Å². The molecule has 7 heteroatoms. The van der Waals surface area contributed by atoms with Gasteiger partial charge in [-0.1, -0.05) is 12.1 Å². The molecule has 0 aromatic heterocycles. The number of rotatable bonds is 5. The van der Waals surface area contributed by atoms with Gasteiger partial charge in [-0.05, 0) is 62.1 Å². The topological polar surface area (TPSA) is 67.9 Å². The van der Waals surface area contributed by atoms with Gasteiger partial charge in [0.15, 0.2) is 0 Å². The van der Waals surface area contributed by atoms with Crippen LogP contribution in [-0.4, -0.2) is 49.1 Å². The maximum absolute atomic E-state index is 13.8. The molecule has 2 heterocycles. The number of hydrogen-bond donors (Lipinski definition) is 1. The van der Waals surface area contributed by atoms with E-state index in [0.717, 1.165) is 17.1 Å². The highest BCUT2D eigenvalue weighted by atomic mass is 19.1. The zero-order valence-electron chi connectivity index (χ0n) is 17.6. The van der Waals surface area contributed by atoms with Gasteiger partial charge in [-0.15, -0.1) is 0 Å². The van der Waals surface area contributed by atoms with E-state index < -0.39 is 11.7 Å². The van der Waals surface area contributed by atoms with Crippen LogP contribution in [0.5, 0.6) is 11.5 Å². The van der Waals surface area contributed by atoms with E-state index in [-0.39, 0.29) is 23.4 Å². The quantitative estimate of drug-likeness (QED) is 0.797. The van der Waals surface area contributed by atoms with Crippen molar-refractivity contribution in [1.82, 2.24) is 10.2 Å². The Morgan fingerprint density at radius 3 is 2.71 bits per heavy atom. The van der Waals surface area contributed by atoms with Gasteiger partial charge >= 0.3 is 0 Å². The minimum atomic E-state index is -0.530. The molecule has 0 aliphatic carbocycles. The molecule has 0 bridgehead atoms. The lowest BCUT2D eigenvalue weighted by molar-refractivity contribution is -0.138. The van der Waals surface area contributed by atoms with Gasteiger partial charge in [-0.2, -0.15) is 0 Å². The van der Waals surface area contributed by atoms with Crippen LogP contribution in [0, 0.1) is 11.7 Å². The summed E-state index contributed by atoms with van der Waals surface area (Å²) in [4.78, 5) is 27.2. The van der Waals surface area contributed by atoms with E-state index in [1.165, 1.54) is 12.1 Å². The number of amides is 2. The van der Waals surface area contributed by atoms with Gasteiger partial charge in [0.25, 0.3) is 5.91 Å². The van der Waals surface area contributed by atoms with Crippen LogP contribution in [0.25, 0.3) is 0 Å². The smallest absolute Gasteiger partial charge is 0.254 e. The highest BCUT2D eigenvalue weighted by Crippen LogP contribution is 2.32. The summed E-state index contributed by atoms with van der Waals surface area (Å²) in [5, 5.41) is 2.89. The molecule has 0 saturated carbocycles. The van der Waals surface area contributed by atoms with Gasteiger partial charge in [0, 0.05) is 19.1 Å². The van der Waals surface area contributed by atoms with Gasteiger partial charge in [0.1, 0.15) is 23.9 Å². The SMILES string of the molecule is CCOc1ccc2c(c1)CC(C(=O)N1CCC(NC(=O)c3ccccc3F)CC1)CO2. The largest absolute Gasteiger partial charge is 0.494 e. The van der Waals surface area contributed by atoms with Crippen molar-refractivity contribution in [2.75, 3.05) is 26.3 Å². The Morgan fingerprint density at radius 1 is 1.19 bits per heavy atom. The Bertz CT molecular complexity index is 956. The number of carbonyl (C=O) groups excluding carboxylic acids is 2. The van der Waals surface area contributed by atoms with Gasteiger partial charge in [-0.25, -0.2) is 4.39 Å². The molecule has 2 amide bonds. The molecule has 1 atom stereocenters. The van der Waals surface area contributed by atoms with Crippen molar-refractivity contribution in [3.05, 3.63) is 59.4 Å². The fourth-order valence-corrected chi connectivity index (χ4v) is 4.20. The molecular formula is C24H27FN2O4. The Balaban J connectivity index is 1.31. The summed E-state index contributed by atoms with van der Waals surface area (Å²) < 4.78 is 25.2. The lowest BCUT2D eigenvalue weighted by Crippen LogP contribution is -2.49. The third-order valence-corrected chi connectivity index (χ3v) is 5.86. The van der Waals surface area contributed by atoms with Crippen molar-refractivity contribution in [2.24, 2.45) is 5.92 Å². The molecule has 1 saturated heterocycles. The number of benzene rings is 2. The summed E-state index contributed by atoms with van der Waals surface area (Å²) in [6, 6.07) is 11.6. The first-order valence-corrected chi connectivity index (χ1v) is 10.8. The molecule has 31 heavy (non-hydrogen) atoms. The maximum Gasteiger partial charge on any atom is 0.254 e. The average molecular weight is 426 g/mol. The summed E-state index contributed by atoms with van der Waals surface area (Å²) in [5.41, 5.74) is 1.04. The van der Waals surface area contributed by atoms with Crippen molar-refractivity contribution < 1.29 is 23.5 Å². The fraction of sp³-hybridized carbons (Fsp3) is 0.417. The molecular weight excluding hydrogens is 399 g/mol. The molecule has 1 unspecified atom stereocenters. The average Bonchev–Trinajstić information content (AvgIpc) is 2.79. The molecule has 164 valence electrons. The van der Waals surface area contributed by atoms with Crippen LogP contribution in [-0.2, 0) is 11.2 Å². The predicted molar refractivity (Wildman–Crippen MR) is 114 cm³/mol. The Kier molecular flexibility index (Phi) is 6.39. The third-order valence-electron chi connectivity index (χ3n) is 5.86. The third kappa shape index (κ3) is 4.81. The van der Waals surface area contributed by atoms with Gasteiger partial charge in [0.2, 0.25) is 5.91 Å². The van der Waals surface area contributed by atoms with E-state index in [2.05, 4.69) is 5.32 Å². The molecule has 2 aliphatic rings. The lowest BCUT2D eigenvalue weighted by atomic mass is 9.94. The van der Waals surface area contributed by atoms with Crippen LogP contribution in [0.15, 0.2) is 42.5 Å². The second-order valence-corrected chi connectivity index (χ2v) is 7.97. The predicted octanol–water partition coefficient (Wildman–Crippen LogP) is 3.20. The van der Waals surface area contributed by atoms with E-state index >= 15 is 0 Å². The summed E-state index contributed by atoms with van der Waals surface area (Å²) in [7, 11) is 0. The lowest BCUT2D eigenvalue weighted by Gasteiger charge is -2.35. The highest BCUT2D eigenvalue weighted by molar-refractivity contribution is 5.94. The van der Waals surface area contributed by atoms with Crippen LogP contribution >= 0.6 is 0 Å². The standard InChI is InChI=1S/C24H27FN2O4/c1-2-30-19-7-8-22-16(14-19)13-17(15-31-22)24(29)27-11-9-18(10-12-27)26-23(28)20-5-3-4-6-21(20)25/h3-8,14,17-18H,2,9-13,15H2,1H3,(H,26,28). The van der Waals surface area contributed by atoms with Crippen LogP contribution in [0.1, 0.15) is 35.7 Å². The summed E-state index contributed by atoms with van der Waals surface area (Å²) in [6.07, 6.45) is 1.91. The van der Waals surface area contributed by atoms with E-state index in [0.29, 0.717) is 45.6 Å². The molecule has 1 N–H and O–H groups in total. The Hall–Kier alpha value is -3.09. The van der Waals surface area contributed by atoms with Crippen molar-refractivity contribution in [1.29, 1.82) is 0 Å². The highest BCUT2D eigenvalue weighted by Gasteiger charge is 2.32. The van der Waals surface area contributed by atoms with Crippen molar-refractivity contribution in [3.63, 3.8) is 0 Å². The summed E-state index contributed by atoms with van der Waals surface area (Å²) in [5.74, 6) is 0.495. The van der Waals surface area contributed by atoms with E-state index in [4.69, 9.17) is 9.47 Å². The molecule has 4 rings (SSSR count). The number of ether oxygens (including phenoxy) is 2. The van der Waals surface area contributed by atoms with Gasteiger partial charge in [-0.3, -0.25) is 9.59 Å². The molecule has 0 radical (unpaired) electrons. The monoisotopic (exact) mass is 426 g/mol. The number of likely N-dealkylation sites (tertiary alicyclic amines) is 1. The number of halogens is 1. The second-order valence-electron chi connectivity index (χ2n) is 7.97. The molecule has 0 spiro atoms. The number of nitrogens with one attached hydrogen (secondary N) is 1. The molecule has 2 aliphatic heterocycles. The Morgan fingerprint density at radius 2 is 1.97 bits per heavy atom. The van der Waals surface area contributed by atoms with Crippen molar-refractivity contribution in [2.45, 2.75) is 32.2 Å². The minimum absolute atomic E-state index is 0.0467. The maximum atomic E-state index is 13.8. The van der Waals surface area contributed by atoms with E-state index in [1.54, 1.807) is 12.1 Å². The number of hydrogen-bond acceptors (Lipinski definition) is 4. The molecule has 2 aromatic rings. The molecule has 6 nitrogen and oxygen atoms in total. The zero-order chi connectivity index (χ0) is 21.8. The first-order valence-electron chi connectivity index (χ1n) is 10.8. The zero-order valence-corrected chi connectivity index (χ0v) is 17.6. The van der Waals surface area contributed by atoms with Crippen LogP contribution in [0.2, 0.25) is 0 Å². The van der Waals surface area contributed by atoms with Crippen LogP contribution < -0.4 is 14.8 Å². The number of piperidine rings is 1. The Labute approximate surface area is 181 Å². The number of fused-ring (bicyclic) bond motifs is 1. The number of nitrogens with zero attached hydrogens (tertiary/aromatic N) is 1. The van der Waals surface area contributed by atoms with Crippen LogP contribution in [0.3, 0.4) is 0 Å². The fourth-order valence-electron chi connectivity index (χ4n) is 4.20. The van der Waals surface area contributed by atoms with E-state index in [1.807, 2.05) is 30.0 Å². The molecule has 1 fully saturated rings. The summed E-state index contributed by atoms with van der Waals surface area (Å²) in [6.45, 7) is 4.01. The minimum Gasteiger partial charge on any atom is -0.494 e. The second kappa shape index (κ2) is 9.37. The van der Waals surface area contributed by atoms with Gasteiger partial charge < -0.3 is 19.7 Å². The normalized spacial score (nSPS) is 18.6. The van der Waals surface area contributed by atoms with Crippen LogP contribution in [0.4, 0.5) is 4.39 Å². The molecule has 2 aromatic carbocycles. The first-order chi connectivity index (χ1) is 15.0. The number of carbonyl (C=O) groups is 2. The van der Waals surface area contributed by atoms with Gasteiger partial charge in [0.05, 0.1) is 18.1 Å². The first kappa shape index (κ1) is 21.2. The van der Waals surface area contributed by atoms with E-state index in [9.17, 15) is 14.0 Å². The summed E-state index contributed by atoms with van der Waals surface area (Å²) >= 11 is 0. The van der Waals surface area contributed by atoms with Crippen molar-refractivity contribution in [3.8, 4) is 11.5 Å².